The second-order valence-electron chi connectivity index (χ2n) is 4.03. The highest BCUT2D eigenvalue weighted by Gasteiger charge is 2.24. The van der Waals surface area contributed by atoms with Crippen molar-refractivity contribution in [3.63, 3.8) is 0 Å². The van der Waals surface area contributed by atoms with E-state index in [1.807, 2.05) is 0 Å². The summed E-state index contributed by atoms with van der Waals surface area (Å²) in [6, 6.07) is 4.27. The van der Waals surface area contributed by atoms with Crippen LogP contribution < -0.4 is 10.1 Å². The minimum atomic E-state index is -0.606. The first-order valence-corrected chi connectivity index (χ1v) is 6.41. The molecule has 1 aromatic carbocycles. The van der Waals surface area contributed by atoms with E-state index in [2.05, 4.69) is 5.32 Å². The van der Waals surface area contributed by atoms with Crippen molar-refractivity contribution in [1.82, 2.24) is 5.32 Å². The molecule has 0 atom stereocenters. The summed E-state index contributed by atoms with van der Waals surface area (Å²) in [6.07, 6.45) is 1.17. The van der Waals surface area contributed by atoms with Crippen molar-refractivity contribution < 1.29 is 19.6 Å². The summed E-state index contributed by atoms with van der Waals surface area (Å²) in [5.41, 5.74) is -0.348. The molecule has 0 aliphatic carbocycles. The van der Waals surface area contributed by atoms with E-state index in [0.717, 1.165) is 0 Å². The lowest BCUT2D eigenvalue weighted by Gasteiger charge is -2.10. The van der Waals surface area contributed by atoms with Crippen LogP contribution in [-0.4, -0.2) is 35.7 Å². The van der Waals surface area contributed by atoms with Crippen LogP contribution in [0.25, 0.3) is 0 Å². The van der Waals surface area contributed by atoms with Gasteiger partial charge in [-0.2, -0.15) is 0 Å². The second-order valence-corrected chi connectivity index (χ2v) is 4.03. The lowest BCUT2D eigenvalue weighted by molar-refractivity contribution is -0.385. The summed E-state index contributed by atoms with van der Waals surface area (Å²) in [4.78, 5) is 22.5. The molecule has 0 saturated heterocycles. The molecule has 0 bridgehead atoms. The van der Waals surface area contributed by atoms with E-state index in [1.54, 1.807) is 6.92 Å². The highest BCUT2D eigenvalue weighted by molar-refractivity contribution is 6.00. The molecule has 0 heterocycles. The number of nitro benzene ring substituents is 1. The predicted octanol–water partition coefficient (Wildman–Crippen LogP) is 1.50. The Morgan fingerprint density at radius 1 is 1.45 bits per heavy atom. The molecule has 7 heteroatoms. The molecule has 2 N–H and O–H groups in total. The molecule has 1 rings (SSSR count). The number of amides is 1. The number of nitrogens with zero attached hydrogens (tertiary/aromatic N) is 1. The first kappa shape index (κ1) is 15.9. The number of nitro groups is 1. The zero-order valence-corrected chi connectivity index (χ0v) is 11.3. The first-order chi connectivity index (χ1) is 9.61. The molecule has 1 amide bonds. The van der Waals surface area contributed by atoms with Crippen LogP contribution in [0.2, 0.25) is 0 Å². The van der Waals surface area contributed by atoms with E-state index in [0.29, 0.717) is 26.0 Å². The van der Waals surface area contributed by atoms with Gasteiger partial charge < -0.3 is 15.2 Å². The van der Waals surface area contributed by atoms with Crippen molar-refractivity contribution in [3.05, 3.63) is 33.9 Å². The van der Waals surface area contributed by atoms with Crippen LogP contribution in [0.4, 0.5) is 5.69 Å². The van der Waals surface area contributed by atoms with Crippen LogP contribution in [0.1, 0.15) is 30.1 Å². The number of hydrogen-bond acceptors (Lipinski definition) is 5. The number of carbonyl (C=O) groups is 1. The van der Waals surface area contributed by atoms with Crippen LogP contribution in [0.5, 0.6) is 5.75 Å². The second kappa shape index (κ2) is 8.11. The fourth-order valence-corrected chi connectivity index (χ4v) is 1.70. The smallest absolute Gasteiger partial charge is 0.285 e. The van der Waals surface area contributed by atoms with Crippen molar-refractivity contribution in [2.75, 3.05) is 19.8 Å². The monoisotopic (exact) mass is 282 g/mol. The summed E-state index contributed by atoms with van der Waals surface area (Å²) in [5.74, 6) is -0.347. The van der Waals surface area contributed by atoms with E-state index in [-0.39, 0.29) is 23.6 Å². The number of nitrogens with one attached hydrogen (secondary N) is 1. The van der Waals surface area contributed by atoms with Crippen LogP contribution in [0.3, 0.4) is 0 Å². The quantitative estimate of drug-likeness (QED) is 0.427. The number of rotatable bonds is 8. The number of ether oxygens (including phenoxy) is 1. The number of carbonyl (C=O) groups excluding carboxylic acids is 1. The first-order valence-electron chi connectivity index (χ1n) is 6.41. The Bertz CT molecular complexity index is 476. The topological polar surface area (TPSA) is 102 Å². The van der Waals surface area contributed by atoms with E-state index in [4.69, 9.17) is 9.84 Å². The van der Waals surface area contributed by atoms with Gasteiger partial charge in [0.25, 0.3) is 11.6 Å². The fraction of sp³-hybridized carbons (Fsp3) is 0.462. The average molecular weight is 282 g/mol. The van der Waals surface area contributed by atoms with Gasteiger partial charge in [-0.1, -0.05) is 6.07 Å². The van der Waals surface area contributed by atoms with Gasteiger partial charge >= 0.3 is 0 Å². The summed E-state index contributed by atoms with van der Waals surface area (Å²) >= 11 is 0. The largest absolute Gasteiger partial charge is 0.493 e. The molecule has 0 aliphatic heterocycles. The van der Waals surface area contributed by atoms with Gasteiger partial charge in [-0.05, 0) is 25.8 Å². The lowest BCUT2D eigenvalue weighted by Crippen LogP contribution is -2.26. The molecule has 0 radical (unpaired) electrons. The molecule has 0 fully saturated rings. The summed E-state index contributed by atoms with van der Waals surface area (Å²) in [6.45, 7) is 2.44. The minimum Gasteiger partial charge on any atom is -0.493 e. The van der Waals surface area contributed by atoms with E-state index in [1.165, 1.54) is 18.2 Å². The Hall–Kier alpha value is -2.15. The molecule has 1 aromatic rings. The normalized spacial score (nSPS) is 10.1. The van der Waals surface area contributed by atoms with E-state index >= 15 is 0 Å². The summed E-state index contributed by atoms with van der Waals surface area (Å²) in [7, 11) is 0. The number of aliphatic hydroxyl groups is 1. The Balaban J connectivity index is 2.94. The van der Waals surface area contributed by atoms with Crippen LogP contribution >= 0.6 is 0 Å². The summed E-state index contributed by atoms with van der Waals surface area (Å²) in [5, 5.41) is 22.2. The third-order valence-electron chi connectivity index (χ3n) is 2.60. The lowest BCUT2D eigenvalue weighted by atomic mass is 10.1. The van der Waals surface area contributed by atoms with Gasteiger partial charge in [0, 0.05) is 19.2 Å². The number of unbranched alkanes of at least 4 members (excludes halogenated alkanes) is 1. The third kappa shape index (κ3) is 4.20. The highest BCUT2D eigenvalue weighted by atomic mass is 16.6. The third-order valence-corrected chi connectivity index (χ3v) is 2.60. The van der Waals surface area contributed by atoms with Crippen molar-refractivity contribution >= 4 is 11.6 Å². The molecule has 20 heavy (non-hydrogen) atoms. The summed E-state index contributed by atoms with van der Waals surface area (Å²) < 4.78 is 5.27. The number of benzene rings is 1. The molecular formula is C13H18N2O5. The maximum atomic E-state index is 12.1. The molecule has 7 nitrogen and oxygen atoms in total. The van der Waals surface area contributed by atoms with Gasteiger partial charge in [0.05, 0.1) is 11.5 Å². The zero-order chi connectivity index (χ0) is 15.0. The molecule has 0 saturated carbocycles. The molecule has 0 aliphatic rings. The van der Waals surface area contributed by atoms with E-state index < -0.39 is 10.8 Å². The molecule has 0 spiro atoms. The maximum Gasteiger partial charge on any atom is 0.285 e. The molecule has 110 valence electrons. The van der Waals surface area contributed by atoms with Gasteiger partial charge in [0.2, 0.25) is 0 Å². The SMILES string of the molecule is CCOc1cccc([N+](=O)[O-])c1C(=O)NCCCCO. The van der Waals surface area contributed by atoms with Gasteiger partial charge in [-0.3, -0.25) is 14.9 Å². The van der Waals surface area contributed by atoms with Crippen molar-refractivity contribution in [2.45, 2.75) is 19.8 Å². The standard InChI is InChI=1S/C13H18N2O5/c1-2-20-11-7-5-6-10(15(18)19)12(11)13(17)14-8-3-4-9-16/h5-7,16H,2-4,8-9H2,1H3,(H,14,17). The van der Waals surface area contributed by atoms with E-state index in [9.17, 15) is 14.9 Å². The van der Waals surface area contributed by atoms with Gasteiger partial charge in [-0.15, -0.1) is 0 Å². The molecule has 0 unspecified atom stereocenters. The fourth-order valence-electron chi connectivity index (χ4n) is 1.70. The predicted molar refractivity (Wildman–Crippen MR) is 72.9 cm³/mol. The van der Waals surface area contributed by atoms with Crippen LogP contribution in [0.15, 0.2) is 18.2 Å². The molecular weight excluding hydrogens is 264 g/mol. The number of aliphatic hydroxyl groups excluding tert-OH is 1. The van der Waals surface area contributed by atoms with Gasteiger partial charge in [-0.25, -0.2) is 0 Å². The Morgan fingerprint density at radius 3 is 2.80 bits per heavy atom. The van der Waals surface area contributed by atoms with Crippen LogP contribution in [-0.2, 0) is 0 Å². The maximum absolute atomic E-state index is 12.1. The Morgan fingerprint density at radius 2 is 2.20 bits per heavy atom. The zero-order valence-electron chi connectivity index (χ0n) is 11.3. The van der Waals surface area contributed by atoms with Gasteiger partial charge in [0.1, 0.15) is 5.75 Å². The van der Waals surface area contributed by atoms with Crippen molar-refractivity contribution in [1.29, 1.82) is 0 Å². The minimum absolute atomic E-state index is 0.0472. The Labute approximate surface area is 116 Å². The molecule has 0 aromatic heterocycles. The highest BCUT2D eigenvalue weighted by Crippen LogP contribution is 2.28. The Kier molecular flexibility index (Phi) is 6.45. The van der Waals surface area contributed by atoms with Gasteiger partial charge in [0.15, 0.2) is 5.56 Å². The van der Waals surface area contributed by atoms with Crippen molar-refractivity contribution in [3.8, 4) is 5.75 Å². The van der Waals surface area contributed by atoms with Crippen LogP contribution in [0, 0.1) is 10.1 Å². The van der Waals surface area contributed by atoms with Crippen molar-refractivity contribution in [2.24, 2.45) is 0 Å². The average Bonchev–Trinajstić information content (AvgIpc) is 2.43. The number of hydrogen-bond donors (Lipinski definition) is 2.